The first-order valence-electron chi connectivity index (χ1n) is 4.34. The van der Waals surface area contributed by atoms with Crippen molar-refractivity contribution in [2.24, 2.45) is 5.73 Å². The number of nitrogens with one attached hydrogen (secondary N) is 2. The van der Waals surface area contributed by atoms with E-state index in [9.17, 15) is 0 Å². The van der Waals surface area contributed by atoms with Crippen LogP contribution in [0, 0.1) is 5.41 Å². The number of hydrogen-bond acceptors (Lipinski definition) is 4. The lowest BCUT2D eigenvalue weighted by molar-refractivity contribution is 0.629. The van der Waals surface area contributed by atoms with Gasteiger partial charge in [-0.15, -0.1) is 0 Å². The van der Waals surface area contributed by atoms with Gasteiger partial charge < -0.3 is 11.1 Å². The minimum atomic E-state index is -0.125. The fourth-order valence-electron chi connectivity index (χ4n) is 0.982. The van der Waals surface area contributed by atoms with Crippen molar-refractivity contribution in [1.82, 2.24) is 9.97 Å². The average molecular weight is 193 g/mol. The zero-order chi connectivity index (χ0) is 10.8. The molecule has 0 bridgehead atoms. The van der Waals surface area contributed by atoms with Crippen LogP contribution in [0.2, 0.25) is 0 Å². The maximum Gasteiger partial charge on any atom is 0.156 e. The number of amidine groups is 1. The summed E-state index contributed by atoms with van der Waals surface area (Å²) in [4.78, 5) is 8.08. The van der Waals surface area contributed by atoms with Gasteiger partial charge in [0.15, 0.2) is 5.82 Å². The lowest BCUT2D eigenvalue weighted by Gasteiger charge is -2.22. The van der Waals surface area contributed by atoms with E-state index in [1.165, 1.54) is 6.20 Å². The summed E-state index contributed by atoms with van der Waals surface area (Å²) in [5.41, 5.74) is 5.64. The van der Waals surface area contributed by atoms with Gasteiger partial charge in [0.1, 0.15) is 11.5 Å². The molecule has 0 fully saturated rings. The van der Waals surface area contributed by atoms with Gasteiger partial charge in [-0.2, -0.15) is 0 Å². The predicted octanol–water partition coefficient (Wildman–Crippen LogP) is 0.971. The Hall–Kier alpha value is -1.65. The third kappa shape index (κ3) is 2.69. The molecule has 1 aromatic heterocycles. The van der Waals surface area contributed by atoms with E-state index in [-0.39, 0.29) is 11.4 Å². The van der Waals surface area contributed by atoms with Crippen molar-refractivity contribution >= 4 is 11.7 Å². The van der Waals surface area contributed by atoms with Gasteiger partial charge in [0.05, 0.1) is 0 Å². The fraction of sp³-hybridized carbons (Fsp3) is 0.444. The second-order valence-electron chi connectivity index (χ2n) is 4.04. The molecule has 0 atom stereocenters. The van der Waals surface area contributed by atoms with E-state index in [4.69, 9.17) is 11.1 Å². The topological polar surface area (TPSA) is 87.7 Å². The summed E-state index contributed by atoms with van der Waals surface area (Å²) >= 11 is 0. The number of anilines is 1. The summed E-state index contributed by atoms with van der Waals surface area (Å²) < 4.78 is 0. The highest BCUT2D eigenvalue weighted by atomic mass is 15.1. The average Bonchev–Trinajstić information content (AvgIpc) is 2.01. The highest BCUT2D eigenvalue weighted by Gasteiger charge is 2.14. The maximum absolute atomic E-state index is 7.32. The minimum absolute atomic E-state index is 0.0788. The molecule has 1 rings (SSSR count). The van der Waals surface area contributed by atoms with Gasteiger partial charge >= 0.3 is 0 Å². The first-order valence-corrected chi connectivity index (χ1v) is 4.34. The highest BCUT2D eigenvalue weighted by molar-refractivity contribution is 5.97. The van der Waals surface area contributed by atoms with Crippen LogP contribution in [0.15, 0.2) is 12.4 Å². The first kappa shape index (κ1) is 10.4. The molecule has 5 nitrogen and oxygen atoms in total. The molecule has 0 spiro atoms. The summed E-state index contributed by atoms with van der Waals surface area (Å²) in [6, 6.07) is 0. The van der Waals surface area contributed by atoms with Crippen LogP contribution in [0.25, 0.3) is 0 Å². The van der Waals surface area contributed by atoms with E-state index >= 15 is 0 Å². The molecule has 0 aliphatic heterocycles. The van der Waals surface area contributed by atoms with Gasteiger partial charge in [-0.3, -0.25) is 5.41 Å². The lowest BCUT2D eigenvalue weighted by Crippen LogP contribution is -2.29. The van der Waals surface area contributed by atoms with Crippen LogP contribution in [-0.4, -0.2) is 21.3 Å². The molecule has 0 aromatic carbocycles. The van der Waals surface area contributed by atoms with Crippen molar-refractivity contribution in [1.29, 1.82) is 5.41 Å². The van der Waals surface area contributed by atoms with Crippen LogP contribution >= 0.6 is 0 Å². The number of nitrogen functional groups attached to an aromatic ring is 1. The molecule has 0 aliphatic carbocycles. The summed E-state index contributed by atoms with van der Waals surface area (Å²) in [5.74, 6) is 0.470. The zero-order valence-electron chi connectivity index (χ0n) is 8.63. The Labute approximate surface area is 83.3 Å². The lowest BCUT2D eigenvalue weighted by atomic mass is 10.1. The second kappa shape index (κ2) is 3.61. The van der Waals surface area contributed by atoms with Crippen molar-refractivity contribution < 1.29 is 0 Å². The van der Waals surface area contributed by atoms with Gasteiger partial charge in [-0.05, 0) is 20.8 Å². The fourth-order valence-corrected chi connectivity index (χ4v) is 0.982. The molecule has 0 aliphatic rings. The molecule has 4 N–H and O–H groups in total. The Morgan fingerprint density at radius 2 is 1.93 bits per heavy atom. The Bertz CT molecular complexity index is 339. The number of aromatic nitrogens is 2. The largest absolute Gasteiger partial charge is 0.382 e. The van der Waals surface area contributed by atoms with Crippen molar-refractivity contribution in [3.05, 3.63) is 18.1 Å². The van der Waals surface area contributed by atoms with Gasteiger partial charge in [0.25, 0.3) is 0 Å². The van der Waals surface area contributed by atoms with E-state index in [2.05, 4.69) is 15.3 Å². The smallest absolute Gasteiger partial charge is 0.156 e. The summed E-state index contributed by atoms with van der Waals surface area (Å²) in [6.45, 7) is 6.02. The van der Waals surface area contributed by atoms with E-state index in [1.54, 1.807) is 6.20 Å². The van der Waals surface area contributed by atoms with Gasteiger partial charge in [-0.1, -0.05) is 0 Å². The molecule has 0 saturated carbocycles. The zero-order valence-corrected chi connectivity index (χ0v) is 8.63. The minimum Gasteiger partial charge on any atom is -0.382 e. The monoisotopic (exact) mass is 193 g/mol. The molecule has 0 radical (unpaired) electrons. The molecular weight excluding hydrogens is 178 g/mol. The number of rotatable bonds is 2. The van der Waals surface area contributed by atoms with E-state index in [0.717, 1.165) is 0 Å². The third-order valence-corrected chi connectivity index (χ3v) is 1.45. The Kier molecular flexibility index (Phi) is 2.69. The Morgan fingerprint density at radius 1 is 1.36 bits per heavy atom. The van der Waals surface area contributed by atoms with E-state index < -0.39 is 0 Å². The van der Waals surface area contributed by atoms with Crippen LogP contribution in [0.3, 0.4) is 0 Å². The molecule has 76 valence electrons. The molecule has 0 amide bonds. The van der Waals surface area contributed by atoms with Crippen molar-refractivity contribution in [2.75, 3.05) is 5.32 Å². The number of nitrogens with zero attached hydrogens (tertiary/aromatic N) is 2. The Balaban J connectivity index is 3.02. The second-order valence-corrected chi connectivity index (χ2v) is 4.04. The third-order valence-electron chi connectivity index (χ3n) is 1.45. The quantitative estimate of drug-likeness (QED) is 0.482. The number of hydrogen-bond donors (Lipinski definition) is 3. The summed E-state index contributed by atoms with van der Waals surface area (Å²) in [6.07, 6.45) is 3.09. The first-order chi connectivity index (χ1) is 6.40. The van der Waals surface area contributed by atoms with Crippen LogP contribution in [0.5, 0.6) is 0 Å². The molecular formula is C9H15N5. The van der Waals surface area contributed by atoms with Gasteiger partial charge in [0.2, 0.25) is 0 Å². The summed E-state index contributed by atoms with van der Waals surface area (Å²) in [5, 5.41) is 10.5. The highest BCUT2D eigenvalue weighted by Crippen LogP contribution is 2.13. The van der Waals surface area contributed by atoms with E-state index in [0.29, 0.717) is 11.5 Å². The van der Waals surface area contributed by atoms with Gasteiger partial charge in [-0.25, -0.2) is 9.97 Å². The van der Waals surface area contributed by atoms with Crippen LogP contribution in [-0.2, 0) is 0 Å². The summed E-state index contributed by atoms with van der Waals surface area (Å²) in [7, 11) is 0. The SMILES string of the molecule is CC(C)(C)Nc1nccnc1C(=N)N. The molecule has 0 saturated heterocycles. The van der Waals surface area contributed by atoms with Gasteiger partial charge in [0, 0.05) is 17.9 Å². The normalized spacial score (nSPS) is 11.1. The van der Waals surface area contributed by atoms with Crippen LogP contribution in [0.1, 0.15) is 26.5 Å². The van der Waals surface area contributed by atoms with Crippen molar-refractivity contribution in [3.63, 3.8) is 0 Å². The van der Waals surface area contributed by atoms with E-state index in [1.807, 2.05) is 20.8 Å². The van der Waals surface area contributed by atoms with Crippen LogP contribution in [0.4, 0.5) is 5.82 Å². The predicted molar refractivity (Wildman–Crippen MR) is 56.4 cm³/mol. The molecule has 14 heavy (non-hydrogen) atoms. The molecule has 0 unspecified atom stereocenters. The molecule has 1 aromatic rings. The maximum atomic E-state index is 7.32. The number of nitrogens with two attached hydrogens (primary N) is 1. The molecule has 5 heteroatoms. The standard InChI is InChI=1S/C9H15N5/c1-9(2,3)14-8-6(7(10)11)12-4-5-13-8/h4-5H,1-3H3,(H3,10,11)(H,13,14). The van der Waals surface area contributed by atoms with Crippen LogP contribution < -0.4 is 11.1 Å². The Morgan fingerprint density at radius 3 is 2.43 bits per heavy atom. The van der Waals surface area contributed by atoms with Crippen molar-refractivity contribution in [2.45, 2.75) is 26.3 Å². The molecule has 1 heterocycles. The van der Waals surface area contributed by atoms with Crippen molar-refractivity contribution in [3.8, 4) is 0 Å².